The van der Waals surface area contributed by atoms with Gasteiger partial charge in [0.25, 0.3) is 0 Å². The molecule has 0 atom stereocenters. The van der Waals surface area contributed by atoms with E-state index in [2.05, 4.69) is 4.74 Å². The number of alkyl halides is 3. The van der Waals surface area contributed by atoms with Crippen molar-refractivity contribution in [1.82, 2.24) is 0 Å². The number of hydrogen-bond acceptors (Lipinski definition) is 3. The van der Waals surface area contributed by atoms with E-state index in [-0.39, 0.29) is 5.75 Å². The Labute approximate surface area is 127 Å². The predicted octanol–water partition coefficient (Wildman–Crippen LogP) is 5.28. The van der Waals surface area contributed by atoms with Crippen LogP contribution in [-0.2, 0) is 0 Å². The lowest BCUT2D eigenvalue weighted by molar-refractivity contribution is -0.274. The number of aldehydes is 1. The Morgan fingerprint density at radius 2 is 1.77 bits per heavy atom. The molecular weight excluding hydrogens is 313 g/mol. The highest BCUT2D eigenvalue weighted by molar-refractivity contribution is 7.20. The summed E-state index contributed by atoms with van der Waals surface area (Å²) in [7, 11) is 0. The van der Waals surface area contributed by atoms with Crippen LogP contribution < -0.4 is 4.74 Å². The predicted molar refractivity (Wildman–Crippen MR) is 79.3 cm³/mol. The summed E-state index contributed by atoms with van der Waals surface area (Å²) in [6.45, 7) is 0. The average molecular weight is 322 g/mol. The van der Waals surface area contributed by atoms with Gasteiger partial charge in [0.1, 0.15) is 5.75 Å². The Kier molecular flexibility index (Phi) is 3.62. The Balaban J connectivity index is 2.00. The monoisotopic (exact) mass is 322 g/mol. The quantitative estimate of drug-likeness (QED) is 0.613. The summed E-state index contributed by atoms with van der Waals surface area (Å²) in [6, 6.07) is 13.1. The van der Waals surface area contributed by atoms with Crippen LogP contribution in [0.15, 0.2) is 48.5 Å². The van der Waals surface area contributed by atoms with Gasteiger partial charge in [-0.25, -0.2) is 0 Å². The van der Waals surface area contributed by atoms with Crippen molar-refractivity contribution in [3.63, 3.8) is 0 Å². The van der Waals surface area contributed by atoms with Crippen molar-refractivity contribution in [3.8, 4) is 16.9 Å². The van der Waals surface area contributed by atoms with Gasteiger partial charge in [0, 0.05) is 10.1 Å². The number of ether oxygens (including phenoxy) is 1. The number of fused-ring (bicyclic) bond motifs is 1. The first-order valence-electron chi connectivity index (χ1n) is 6.30. The Hall–Kier alpha value is -2.34. The van der Waals surface area contributed by atoms with Crippen molar-refractivity contribution in [2.24, 2.45) is 0 Å². The highest BCUT2D eigenvalue weighted by Gasteiger charge is 2.30. The summed E-state index contributed by atoms with van der Waals surface area (Å²) in [4.78, 5) is 11.5. The van der Waals surface area contributed by atoms with E-state index in [4.69, 9.17) is 0 Å². The number of thiophene rings is 1. The molecule has 22 heavy (non-hydrogen) atoms. The van der Waals surface area contributed by atoms with Crippen LogP contribution in [0.4, 0.5) is 13.2 Å². The topological polar surface area (TPSA) is 26.3 Å². The molecule has 0 amide bonds. The number of carbonyl (C=O) groups is 1. The van der Waals surface area contributed by atoms with Crippen molar-refractivity contribution in [2.75, 3.05) is 0 Å². The van der Waals surface area contributed by atoms with E-state index in [0.717, 1.165) is 27.5 Å². The lowest BCUT2D eigenvalue weighted by atomic mass is 10.0. The van der Waals surface area contributed by atoms with E-state index in [1.165, 1.54) is 23.5 Å². The second-order valence-electron chi connectivity index (χ2n) is 4.56. The minimum atomic E-state index is -4.70. The van der Waals surface area contributed by atoms with Crippen LogP contribution in [0.25, 0.3) is 21.2 Å². The summed E-state index contributed by atoms with van der Waals surface area (Å²) in [5.74, 6) is -0.262. The van der Waals surface area contributed by atoms with Crippen LogP contribution in [0.3, 0.4) is 0 Å². The third-order valence-corrected chi connectivity index (χ3v) is 4.12. The molecule has 3 aromatic rings. The smallest absolute Gasteiger partial charge is 0.406 e. The van der Waals surface area contributed by atoms with E-state index in [1.807, 2.05) is 18.2 Å². The number of hydrogen-bond donors (Lipinski definition) is 0. The Morgan fingerprint density at radius 1 is 1.05 bits per heavy atom. The van der Waals surface area contributed by atoms with Crippen LogP contribution in [0.1, 0.15) is 9.67 Å². The van der Waals surface area contributed by atoms with Gasteiger partial charge in [0.15, 0.2) is 6.29 Å². The summed E-state index contributed by atoms with van der Waals surface area (Å²) in [5.41, 5.74) is 1.62. The normalized spacial score (nSPS) is 11.6. The van der Waals surface area contributed by atoms with Gasteiger partial charge in [-0.1, -0.05) is 24.3 Å². The van der Waals surface area contributed by atoms with E-state index in [0.29, 0.717) is 4.88 Å². The molecule has 3 rings (SSSR count). The Morgan fingerprint density at radius 3 is 2.41 bits per heavy atom. The van der Waals surface area contributed by atoms with Crippen molar-refractivity contribution in [1.29, 1.82) is 0 Å². The lowest BCUT2D eigenvalue weighted by Crippen LogP contribution is -2.16. The average Bonchev–Trinajstić information content (AvgIpc) is 2.89. The van der Waals surface area contributed by atoms with Gasteiger partial charge < -0.3 is 4.74 Å². The van der Waals surface area contributed by atoms with Crippen molar-refractivity contribution < 1.29 is 22.7 Å². The molecule has 0 aliphatic carbocycles. The minimum Gasteiger partial charge on any atom is -0.406 e. The van der Waals surface area contributed by atoms with Gasteiger partial charge in [0.2, 0.25) is 0 Å². The fourth-order valence-electron chi connectivity index (χ4n) is 2.23. The van der Waals surface area contributed by atoms with E-state index >= 15 is 0 Å². The van der Waals surface area contributed by atoms with Crippen molar-refractivity contribution >= 4 is 27.7 Å². The van der Waals surface area contributed by atoms with E-state index in [9.17, 15) is 18.0 Å². The van der Waals surface area contributed by atoms with Crippen LogP contribution in [0.2, 0.25) is 0 Å². The van der Waals surface area contributed by atoms with Gasteiger partial charge in [-0.3, -0.25) is 4.79 Å². The minimum absolute atomic E-state index is 0.262. The molecule has 0 saturated carbocycles. The van der Waals surface area contributed by atoms with E-state index in [1.54, 1.807) is 18.2 Å². The molecule has 0 saturated heterocycles. The SMILES string of the molecule is O=Cc1cc2c(-c3ccc(OC(F)(F)F)cc3)cccc2s1. The van der Waals surface area contributed by atoms with E-state index < -0.39 is 6.36 Å². The molecular formula is C16H9F3O2S. The number of halogens is 3. The van der Waals surface area contributed by atoms with Gasteiger partial charge >= 0.3 is 6.36 Å². The molecule has 0 N–H and O–H groups in total. The third kappa shape index (κ3) is 2.96. The van der Waals surface area contributed by atoms with Gasteiger partial charge in [-0.15, -0.1) is 24.5 Å². The maximum absolute atomic E-state index is 12.2. The number of carbonyl (C=O) groups excluding carboxylic acids is 1. The highest BCUT2D eigenvalue weighted by atomic mass is 32.1. The second kappa shape index (κ2) is 5.46. The second-order valence-corrected chi connectivity index (χ2v) is 5.67. The summed E-state index contributed by atoms with van der Waals surface area (Å²) < 4.78 is 41.3. The van der Waals surface area contributed by atoms with Crippen LogP contribution in [0.5, 0.6) is 5.75 Å². The maximum Gasteiger partial charge on any atom is 0.573 e. The third-order valence-electron chi connectivity index (χ3n) is 3.10. The van der Waals surface area contributed by atoms with Gasteiger partial charge in [0.05, 0.1) is 4.88 Å². The first kappa shape index (κ1) is 14.6. The molecule has 1 heterocycles. The van der Waals surface area contributed by atoms with Gasteiger partial charge in [-0.2, -0.15) is 0 Å². The van der Waals surface area contributed by atoms with Crippen LogP contribution >= 0.6 is 11.3 Å². The molecule has 0 bridgehead atoms. The Bertz CT molecular complexity index is 820. The molecule has 1 aromatic heterocycles. The summed E-state index contributed by atoms with van der Waals surface area (Å²) in [5, 5.41) is 0.902. The lowest BCUT2D eigenvalue weighted by Gasteiger charge is -2.09. The maximum atomic E-state index is 12.2. The first-order chi connectivity index (χ1) is 10.5. The molecule has 0 unspecified atom stereocenters. The van der Waals surface area contributed by atoms with Crippen LogP contribution in [-0.4, -0.2) is 12.6 Å². The van der Waals surface area contributed by atoms with Crippen molar-refractivity contribution in [3.05, 3.63) is 53.4 Å². The zero-order valence-electron chi connectivity index (χ0n) is 11.1. The largest absolute Gasteiger partial charge is 0.573 e. The molecule has 112 valence electrons. The highest BCUT2D eigenvalue weighted by Crippen LogP contribution is 2.34. The number of rotatable bonds is 3. The van der Waals surface area contributed by atoms with Crippen molar-refractivity contribution in [2.45, 2.75) is 6.36 Å². The molecule has 0 aliphatic heterocycles. The van der Waals surface area contributed by atoms with Crippen LogP contribution in [0, 0.1) is 0 Å². The first-order valence-corrected chi connectivity index (χ1v) is 7.12. The molecule has 0 radical (unpaired) electrons. The zero-order valence-corrected chi connectivity index (χ0v) is 11.9. The standard InChI is InChI=1S/C16H9F3O2S/c17-16(18,19)21-11-6-4-10(5-7-11)13-2-1-3-15-14(13)8-12(9-20)22-15/h1-9H. The summed E-state index contributed by atoms with van der Waals surface area (Å²) >= 11 is 1.38. The molecule has 0 spiro atoms. The molecule has 0 aliphatic rings. The fourth-order valence-corrected chi connectivity index (χ4v) is 3.13. The van der Waals surface area contributed by atoms with Gasteiger partial charge in [-0.05, 0) is 35.4 Å². The molecule has 2 nitrogen and oxygen atoms in total. The zero-order chi connectivity index (χ0) is 15.7. The summed E-state index contributed by atoms with van der Waals surface area (Å²) in [6.07, 6.45) is -3.91. The fraction of sp³-hybridized carbons (Fsp3) is 0.0625. The molecule has 0 fully saturated rings. The molecule has 6 heteroatoms. The molecule has 2 aromatic carbocycles. The number of benzene rings is 2.